The monoisotopic (exact) mass is 307 g/mol. The van der Waals surface area contributed by atoms with Gasteiger partial charge in [0.15, 0.2) is 5.69 Å². The minimum absolute atomic E-state index is 0.0432. The van der Waals surface area contributed by atoms with Gasteiger partial charge in [-0.15, -0.1) is 6.58 Å². The molecule has 1 heterocycles. The summed E-state index contributed by atoms with van der Waals surface area (Å²) in [6.45, 7) is 3.41. The molecule has 0 saturated heterocycles. The normalized spacial score (nSPS) is 15.2. The molecule has 0 spiro atoms. The van der Waals surface area contributed by atoms with E-state index in [0.29, 0.717) is 5.69 Å². The van der Waals surface area contributed by atoms with E-state index < -0.39 is 22.8 Å². The lowest BCUT2D eigenvalue weighted by Gasteiger charge is -2.06. The van der Waals surface area contributed by atoms with Gasteiger partial charge in [0, 0.05) is 12.5 Å². The number of aromatic nitrogens is 2. The van der Waals surface area contributed by atoms with Gasteiger partial charge in [-0.25, -0.2) is 0 Å². The number of amides is 1. The Bertz CT molecular complexity index is 535. The molecule has 0 radical (unpaired) electrons. The largest absolute Gasteiger partial charge is 0.436 e. The van der Waals surface area contributed by atoms with E-state index in [4.69, 9.17) is 11.6 Å². The van der Waals surface area contributed by atoms with Crippen molar-refractivity contribution >= 4 is 17.5 Å². The van der Waals surface area contributed by atoms with Crippen LogP contribution < -0.4 is 5.32 Å². The molecular formula is C12H13ClF3N3O. The molecule has 2 rings (SSSR count). The smallest absolute Gasteiger partial charge is 0.351 e. The zero-order valence-electron chi connectivity index (χ0n) is 10.5. The predicted molar refractivity (Wildman–Crippen MR) is 67.4 cm³/mol. The lowest BCUT2D eigenvalue weighted by atomic mass is 10.2. The van der Waals surface area contributed by atoms with Gasteiger partial charge in [0.1, 0.15) is 6.54 Å². The highest BCUT2D eigenvalue weighted by atomic mass is 35.5. The van der Waals surface area contributed by atoms with E-state index in [-0.39, 0.29) is 19.0 Å². The Balaban J connectivity index is 2.27. The second-order valence-electron chi connectivity index (χ2n) is 4.57. The van der Waals surface area contributed by atoms with Gasteiger partial charge in [0.05, 0.1) is 10.7 Å². The number of halogens is 4. The Hall–Kier alpha value is -1.50. The molecule has 1 amide bonds. The maximum absolute atomic E-state index is 12.8. The minimum Gasteiger partial charge on any atom is -0.351 e. The van der Waals surface area contributed by atoms with Crippen LogP contribution in [0.25, 0.3) is 0 Å². The Morgan fingerprint density at radius 2 is 2.20 bits per heavy atom. The number of nitrogens with one attached hydrogen (secondary N) is 1. The summed E-state index contributed by atoms with van der Waals surface area (Å²) in [6, 6.07) is 0. The molecule has 0 unspecified atom stereocenters. The third-order valence-electron chi connectivity index (χ3n) is 2.90. The topological polar surface area (TPSA) is 46.9 Å². The molecule has 0 aliphatic heterocycles. The molecule has 4 nitrogen and oxygen atoms in total. The van der Waals surface area contributed by atoms with Crippen LogP contribution in [0, 0.1) is 0 Å². The number of hydrogen-bond donors (Lipinski definition) is 1. The molecule has 20 heavy (non-hydrogen) atoms. The molecule has 0 aromatic carbocycles. The predicted octanol–water partition coefficient (Wildman–Crippen LogP) is 2.73. The average molecular weight is 308 g/mol. The van der Waals surface area contributed by atoms with Gasteiger partial charge < -0.3 is 5.32 Å². The summed E-state index contributed by atoms with van der Waals surface area (Å²) < 4.78 is 39.4. The van der Waals surface area contributed by atoms with Crippen LogP contribution in [0.3, 0.4) is 0 Å². The van der Waals surface area contributed by atoms with E-state index >= 15 is 0 Å². The van der Waals surface area contributed by atoms with E-state index in [1.54, 1.807) is 0 Å². The van der Waals surface area contributed by atoms with Crippen molar-refractivity contribution in [2.45, 2.75) is 31.5 Å². The molecule has 1 aromatic heterocycles. The van der Waals surface area contributed by atoms with Crippen molar-refractivity contribution in [1.29, 1.82) is 0 Å². The SMILES string of the molecule is C=CCNC(=O)Cn1nc(C(F)(F)F)c(Cl)c1C1CC1. The van der Waals surface area contributed by atoms with Crippen LogP contribution in [0.15, 0.2) is 12.7 Å². The average Bonchev–Trinajstić information content (AvgIpc) is 3.11. The summed E-state index contributed by atoms with van der Waals surface area (Å²) in [6.07, 6.45) is -1.62. The number of alkyl halides is 3. The fourth-order valence-corrected chi connectivity index (χ4v) is 2.28. The molecule has 1 saturated carbocycles. The van der Waals surface area contributed by atoms with Gasteiger partial charge in [-0.05, 0) is 12.8 Å². The quantitative estimate of drug-likeness (QED) is 0.850. The minimum atomic E-state index is -4.62. The second-order valence-corrected chi connectivity index (χ2v) is 4.95. The summed E-state index contributed by atoms with van der Waals surface area (Å²) in [5.74, 6) is -0.474. The first-order chi connectivity index (χ1) is 9.34. The molecule has 1 fully saturated rings. The van der Waals surface area contributed by atoms with E-state index in [9.17, 15) is 18.0 Å². The van der Waals surface area contributed by atoms with Crippen molar-refractivity contribution in [3.8, 4) is 0 Å². The first kappa shape index (κ1) is 14.9. The summed E-state index contributed by atoms with van der Waals surface area (Å²) in [5, 5.41) is 5.56. The van der Waals surface area contributed by atoms with Gasteiger partial charge in [-0.3, -0.25) is 9.48 Å². The van der Waals surface area contributed by atoms with E-state index in [1.807, 2.05) is 0 Å². The van der Waals surface area contributed by atoms with E-state index in [1.165, 1.54) is 6.08 Å². The first-order valence-electron chi connectivity index (χ1n) is 6.05. The highest BCUT2D eigenvalue weighted by molar-refractivity contribution is 6.32. The van der Waals surface area contributed by atoms with E-state index in [2.05, 4.69) is 17.0 Å². The molecule has 0 bridgehead atoms. The third-order valence-corrected chi connectivity index (χ3v) is 3.27. The number of carbonyl (C=O) groups excluding carboxylic acids is 1. The molecule has 1 aromatic rings. The van der Waals surface area contributed by atoms with Crippen LogP contribution in [0.4, 0.5) is 13.2 Å². The molecule has 110 valence electrons. The first-order valence-corrected chi connectivity index (χ1v) is 6.43. The molecule has 1 N–H and O–H groups in total. The highest BCUT2D eigenvalue weighted by Gasteiger charge is 2.42. The summed E-state index contributed by atoms with van der Waals surface area (Å²) >= 11 is 5.79. The lowest BCUT2D eigenvalue weighted by Crippen LogP contribution is -2.28. The number of hydrogen-bond acceptors (Lipinski definition) is 2. The van der Waals surface area contributed by atoms with Crippen molar-refractivity contribution in [1.82, 2.24) is 15.1 Å². The second kappa shape index (κ2) is 5.47. The van der Waals surface area contributed by atoms with Crippen LogP contribution in [-0.2, 0) is 17.5 Å². The Morgan fingerprint density at radius 3 is 2.70 bits per heavy atom. The van der Waals surface area contributed by atoms with Gasteiger partial charge >= 0.3 is 6.18 Å². The standard InChI is InChI=1S/C12H13ClF3N3O/c1-2-5-17-8(20)6-19-10(7-3-4-7)9(13)11(18-19)12(14,15)16/h2,7H,1,3-6H2,(H,17,20). The Morgan fingerprint density at radius 1 is 1.55 bits per heavy atom. The maximum Gasteiger partial charge on any atom is 0.436 e. The van der Waals surface area contributed by atoms with Gasteiger partial charge in [0.2, 0.25) is 5.91 Å². The van der Waals surface area contributed by atoms with Crippen molar-refractivity contribution < 1.29 is 18.0 Å². The summed E-state index contributed by atoms with van der Waals surface area (Å²) in [7, 11) is 0. The fraction of sp³-hybridized carbons (Fsp3) is 0.500. The lowest BCUT2D eigenvalue weighted by molar-refractivity contribution is -0.141. The Kier molecular flexibility index (Phi) is 4.08. The van der Waals surface area contributed by atoms with Gasteiger partial charge in [-0.1, -0.05) is 17.7 Å². The molecular weight excluding hydrogens is 295 g/mol. The van der Waals surface area contributed by atoms with Crippen molar-refractivity contribution in [3.05, 3.63) is 29.1 Å². The van der Waals surface area contributed by atoms with Crippen molar-refractivity contribution in [2.75, 3.05) is 6.54 Å². The fourth-order valence-electron chi connectivity index (χ4n) is 1.88. The van der Waals surface area contributed by atoms with Crippen LogP contribution >= 0.6 is 11.6 Å². The molecule has 1 aliphatic carbocycles. The molecule has 0 atom stereocenters. The zero-order chi connectivity index (χ0) is 14.9. The van der Waals surface area contributed by atoms with Crippen molar-refractivity contribution in [2.24, 2.45) is 0 Å². The number of carbonyl (C=O) groups is 1. The summed E-state index contributed by atoms with van der Waals surface area (Å²) in [4.78, 5) is 11.6. The van der Waals surface area contributed by atoms with Crippen LogP contribution in [0.2, 0.25) is 5.02 Å². The number of rotatable bonds is 5. The maximum atomic E-state index is 12.8. The summed E-state index contributed by atoms with van der Waals surface area (Å²) in [5.41, 5.74) is -0.828. The number of nitrogens with zero attached hydrogens (tertiary/aromatic N) is 2. The third kappa shape index (κ3) is 3.15. The van der Waals surface area contributed by atoms with E-state index in [0.717, 1.165) is 17.5 Å². The highest BCUT2D eigenvalue weighted by Crippen LogP contribution is 2.46. The molecule has 8 heteroatoms. The van der Waals surface area contributed by atoms with Crippen LogP contribution in [-0.4, -0.2) is 22.2 Å². The van der Waals surface area contributed by atoms with Gasteiger partial charge in [0.25, 0.3) is 0 Å². The van der Waals surface area contributed by atoms with Crippen LogP contribution in [0.1, 0.15) is 30.1 Å². The van der Waals surface area contributed by atoms with Gasteiger partial charge in [-0.2, -0.15) is 18.3 Å². The zero-order valence-corrected chi connectivity index (χ0v) is 11.3. The van der Waals surface area contributed by atoms with Crippen LogP contribution in [0.5, 0.6) is 0 Å². The molecule has 1 aliphatic rings. The Labute approximate surface area is 118 Å². The van der Waals surface area contributed by atoms with Crippen molar-refractivity contribution in [3.63, 3.8) is 0 Å².